The number of ketones is 1. The molecule has 0 aliphatic rings. The van der Waals surface area contributed by atoms with Crippen molar-refractivity contribution in [3.8, 4) is 23.0 Å². The molecule has 0 aliphatic carbocycles. The molecule has 11 heteroatoms. The van der Waals surface area contributed by atoms with Crippen LogP contribution in [-0.4, -0.2) is 45.2 Å². The molecule has 0 aliphatic heterocycles. The molecule has 33 heavy (non-hydrogen) atoms. The van der Waals surface area contributed by atoms with Crippen molar-refractivity contribution in [1.29, 1.82) is 0 Å². The Bertz CT molecular complexity index is 1030. The number of carbonyl (C=O) groups is 2. The molecule has 0 heterocycles. The number of hydrogen-bond donors (Lipinski definition) is 0. The first-order valence-electron chi connectivity index (χ1n) is 10.0. The molecule has 0 N–H and O–H groups in total. The fourth-order valence-electron chi connectivity index (χ4n) is 2.81. The summed E-state index contributed by atoms with van der Waals surface area (Å²) in [6, 6.07) is 6.53. The van der Waals surface area contributed by atoms with E-state index in [1.54, 1.807) is 37.3 Å². The minimum atomic E-state index is -1.54. The van der Waals surface area contributed by atoms with Crippen molar-refractivity contribution in [2.24, 2.45) is 10.2 Å². The molecule has 2 rings (SSSR count). The van der Waals surface area contributed by atoms with Crippen molar-refractivity contribution in [2.45, 2.75) is 26.8 Å². The predicted octanol–water partition coefficient (Wildman–Crippen LogP) is 5.38. The summed E-state index contributed by atoms with van der Waals surface area (Å²) in [6.45, 7) is 5.49. The fourth-order valence-corrected chi connectivity index (χ4v) is 3.30. The van der Waals surface area contributed by atoms with Crippen molar-refractivity contribution in [2.75, 3.05) is 31.9 Å². The zero-order valence-corrected chi connectivity index (χ0v) is 20.4. The second-order valence-electron chi connectivity index (χ2n) is 6.45. The molecule has 0 saturated carbocycles. The van der Waals surface area contributed by atoms with E-state index in [-0.39, 0.29) is 27.9 Å². The van der Waals surface area contributed by atoms with Gasteiger partial charge in [0.15, 0.2) is 17.3 Å². The third-order valence-electron chi connectivity index (χ3n) is 4.33. The number of hydrogen-bond acceptors (Lipinski definition) is 8. The summed E-state index contributed by atoms with van der Waals surface area (Å²) >= 11 is 12.7. The van der Waals surface area contributed by atoms with Crippen LogP contribution in [0.4, 0.5) is 11.4 Å². The van der Waals surface area contributed by atoms with Crippen molar-refractivity contribution >= 4 is 46.4 Å². The van der Waals surface area contributed by atoms with E-state index in [0.717, 1.165) is 4.42 Å². The van der Waals surface area contributed by atoms with E-state index < -0.39 is 17.7 Å². The lowest BCUT2D eigenvalue weighted by molar-refractivity contribution is -0.126. The molecule has 0 bridgehead atoms. The minimum absolute atomic E-state index is 0.104. The molecule has 0 saturated heterocycles. The van der Waals surface area contributed by atoms with Crippen molar-refractivity contribution < 1.29 is 28.5 Å². The number of para-hydroxylation sites is 1. The lowest BCUT2D eigenvalue weighted by Crippen LogP contribution is -2.36. The van der Waals surface area contributed by atoms with Crippen molar-refractivity contribution in [1.82, 2.24) is 0 Å². The van der Waals surface area contributed by atoms with Crippen LogP contribution in [0.25, 0.3) is 0 Å². The highest BCUT2D eigenvalue weighted by Gasteiger charge is 2.31. The molecule has 1 unspecified atom stereocenters. The average Bonchev–Trinajstić information content (AvgIpc) is 2.80. The molecule has 178 valence electrons. The van der Waals surface area contributed by atoms with Gasteiger partial charge in [0.25, 0.3) is 5.91 Å². The van der Waals surface area contributed by atoms with Crippen LogP contribution in [0.1, 0.15) is 20.8 Å². The highest BCUT2D eigenvalue weighted by molar-refractivity contribution is 6.39. The average molecular weight is 498 g/mol. The van der Waals surface area contributed by atoms with Gasteiger partial charge in [-0.2, -0.15) is 5.11 Å². The van der Waals surface area contributed by atoms with Gasteiger partial charge in [-0.1, -0.05) is 17.7 Å². The Morgan fingerprint density at radius 3 is 2.21 bits per heavy atom. The number of nitrogens with zero attached hydrogens (tertiary/aromatic N) is 3. The normalized spacial score (nSPS) is 11.7. The van der Waals surface area contributed by atoms with E-state index >= 15 is 0 Å². The van der Waals surface area contributed by atoms with E-state index in [1.807, 2.05) is 6.92 Å². The number of Topliss-reactive ketones (excluding diaryl/α,β-unsaturated/α-hetero) is 1. The van der Waals surface area contributed by atoms with Gasteiger partial charge in [0, 0.05) is 11.8 Å². The summed E-state index contributed by atoms with van der Waals surface area (Å²) in [6.07, 6.45) is 0. The number of methoxy groups -OCH3 is 2. The van der Waals surface area contributed by atoms with Crippen LogP contribution < -0.4 is 23.4 Å². The van der Waals surface area contributed by atoms with Gasteiger partial charge >= 0.3 is 0 Å². The molecule has 9 nitrogen and oxygen atoms in total. The highest BCUT2D eigenvalue weighted by Crippen LogP contribution is 2.42. The topological polar surface area (TPSA) is 99.0 Å². The highest BCUT2D eigenvalue weighted by atomic mass is 35.5. The molecule has 1 amide bonds. The van der Waals surface area contributed by atoms with Crippen molar-refractivity contribution in [3.05, 3.63) is 35.4 Å². The second kappa shape index (κ2) is 12.3. The van der Waals surface area contributed by atoms with Crippen LogP contribution in [0.2, 0.25) is 5.02 Å². The third kappa shape index (κ3) is 6.06. The van der Waals surface area contributed by atoms with Gasteiger partial charge in [0.05, 0.1) is 27.4 Å². The Morgan fingerprint density at radius 2 is 1.64 bits per heavy atom. The maximum absolute atomic E-state index is 13.1. The SMILES string of the molecule is CCOc1cccc(N(Cl)C(=O)C(N=Nc2c(OC)ccc(OC)c2Cl)C(C)=O)c1OCC. The van der Waals surface area contributed by atoms with Crippen LogP contribution in [0.15, 0.2) is 40.6 Å². The Morgan fingerprint density at radius 1 is 1.00 bits per heavy atom. The molecule has 1 atom stereocenters. The summed E-state index contributed by atoms with van der Waals surface area (Å²) in [4.78, 5) is 25.4. The minimum Gasteiger partial charge on any atom is -0.495 e. The van der Waals surface area contributed by atoms with Gasteiger partial charge in [0.1, 0.15) is 27.9 Å². The third-order valence-corrected chi connectivity index (χ3v) is 5.04. The quantitative estimate of drug-likeness (QED) is 0.234. The van der Waals surface area contributed by atoms with E-state index in [1.165, 1.54) is 21.1 Å². The Kier molecular flexibility index (Phi) is 9.74. The summed E-state index contributed by atoms with van der Waals surface area (Å²) in [5.74, 6) is -0.131. The molecule has 0 radical (unpaired) electrons. The Hall–Kier alpha value is -3.04. The molecule has 0 spiro atoms. The molecule has 0 fully saturated rings. The zero-order valence-electron chi connectivity index (χ0n) is 18.9. The molecule has 2 aromatic rings. The maximum atomic E-state index is 13.1. The summed E-state index contributed by atoms with van der Waals surface area (Å²) < 4.78 is 22.4. The number of benzene rings is 2. The number of carbonyl (C=O) groups excluding carboxylic acids is 2. The van der Waals surface area contributed by atoms with Crippen LogP contribution >= 0.6 is 23.4 Å². The largest absolute Gasteiger partial charge is 0.495 e. The lowest BCUT2D eigenvalue weighted by Gasteiger charge is -2.21. The standard InChI is InChI=1S/C22H25Cl2N3O6/c1-6-32-17-10-8-9-14(21(17)33-7-2)27(24)22(29)19(13(3)28)25-26-20-16(31-5)12-11-15(30-4)18(20)23/h8-12,19H,6-7H2,1-5H3. The Balaban J connectivity index is 2.45. The van der Waals surface area contributed by atoms with E-state index in [2.05, 4.69) is 10.2 Å². The fraction of sp³-hybridized carbons (Fsp3) is 0.364. The van der Waals surface area contributed by atoms with Gasteiger partial charge in [-0.3, -0.25) is 9.59 Å². The number of azo groups is 1. The lowest BCUT2D eigenvalue weighted by atomic mass is 10.2. The number of amides is 1. The Labute approximate surface area is 202 Å². The van der Waals surface area contributed by atoms with Gasteiger partial charge in [-0.25, -0.2) is 4.42 Å². The van der Waals surface area contributed by atoms with Crippen LogP contribution in [-0.2, 0) is 9.59 Å². The smallest absolute Gasteiger partial charge is 0.276 e. The van der Waals surface area contributed by atoms with E-state index in [4.69, 9.17) is 42.3 Å². The van der Waals surface area contributed by atoms with Crippen LogP contribution in [0.5, 0.6) is 23.0 Å². The van der Waals surface area contributed by atoms with Crippen molar-refractivity contribution in [3.63, 3.8) is 0 Å². The van der Waals surface area contributed by atoms with Gasteiger partial charge < -0.3 is 18.9 Å². The van der Waals surface area contributed by atoms with Gasteiger partial charge in [0.2, 0.25) is 6.04 Å². The summed E-state index contributed by atoms with van der Waals surface area (Å²) in [5.41, 5.74) is 0.306. The number of anilines is 1. The number of rotatable bonds is 11. The molecule has 0 aromatic heterocycles. The van der Waals surface area contributed by atoms with Crippen LogP contribution in [0.3, 0.4) is 0 Å². The first-order valence-corrected chi connectivity index (χ1v) is 10.7. The number of halogens is 2. The number of ether oxygens (including phenoxy) is 4. The first-order chi connectivity index (χ1) is 15.8. The van der Waals surface area contributed by atoms with E-state index in [0.29, 0.717) is 24.7 Å². The second-order valence-corrected chi connectivity index (χ2v) is 7.17. The van der Waals surface area contributed by atoms with Gasteiger partial charge in [-0.15, -0.1) is 5.11 Å². The van der Waals surface area contributed by atoms with E-state index in [9.17, 15) is 9.59 Å². The monoisotopic (exact) mass is 497 g/mol. The first kappa shape index (κ1) is 26.2. The molecule has 2 aromatic carbocycles. The zero-order chi connectivity index (χ0) is 24.5. The molecular formula is C22H25Cl2N3O6. The van der Waals surface area contributed by atoms with Crippen LogP contribution in [0, 0.1) is 0 Å². The van der Waals surface area contributed by atoms with Gasteiger partial charge in [-0.05, 0) is 45.0 Å². The maximum Gasteiger partial charge on any atom is 0.276 e. The summed E-state index contributed by atoms with van der Waals surface area (Å²) in [5, 5.41) is 8.05. The molecular weight excluding hydrogens is 473 g/mol. The summed E-state index contributed by atoms with van der Waals surface area (Å²) in [7, 11) is 2.86. The predicted molar refractivity (Wildman–Crippen MR) is 126 cm³/mol.